The first kappa shape index (κ1) is 10.8. The van der Waals surface area contributed by atoms with Crippen molar-refractivity contribution in [2.75, 3.05) is 0 Å². The predicted molar refractivity (Wildman–Crippen MR) is 66.8 cm³/mol. The van der Waals surface area contributed by atoms with Crippen LogP contribution in [0.1, 0.15) is 5.56 Å². The Hall–Kier alpha value is -1.72. The van der Waals surface area contributed by atoms with Gasteiger partial charge in [-0.3, -0.25) is 9.36 Å². The van der Waals surface area contributed by atoms with Gasteiger partial charge in [-0.2, -0.15) is 0 Å². The summed E-state index contributed by atoms with van der Waals surface area (Å²) in [4.78, 5) is 11.7. The van der Waals surface area contributed by atoms with Crippen molar-refractivity contribution in [1.82, 2.24) is 4.57 Å². The Balaban J connectivity index is 2.87. The zero-order chi connectivity index (χ0) is 11.7. The quantitative estimate of drug-likeness (QED) is 0.692. The summed E-state index contributed by atoms with van der Waals surface area (Å²) in [7, 11) is 0. The molecule has 0 N–H and O–H groups in total. The fraction of sp³-hybridized carbons (Fsp3) is 0.154. The van der Waals surface area contributed by atoms with Crippen molar-refractivity contribution in [2.45, 2.75) is 13.5 Å². The lowest BCUT2D eigenvalue weighted by Crippen LogP contribution is -2.18. The molecule has 0 saturated carbocycles. The number of hydrogen-bond donors (Lipinski definition) is 0. The van der Waals surface area contributed by atoms with E-state index < -0.39 is 0 Å². The average Bonchev–Trinajstić information content (AvgIpc) is 2.25. The Morgan fingerprint density at radius 1 is 1.44 bits per heavy atom. The molecule has 2 nitrogen and oxygen atoms in total. The van der Waals surface area contributed by atoms with E-state index in [1.807, 2.05) is 19.1 Å². The van der Waals surface area contributed by atoms with Crippen LogP contribution in [0.5, 0.6) is 0 Å². The summed E-state index contributed by atoms with van der Waals surface area (Å²) in [6.07, 6.45) is 5.25. The predicted octanol–water partition coefficient (Wildman–Crippen LogP) is 2.60. The van der Waals surface area contributed by atoms with Crippen LogP contribution >= 0.6 is 11.6 Å². The highest BCUT2D eigenvalue weighted by Gasteiger charge is 2.04. The molecule has 0 radical (unpaired) electrons. The zero-order valence-electron chi connectivity index (χ0n) is 8.83. The first-order chi connectivity index (χ1) is 7.63. The van der Waals surface area contributed by atoms with Crippen LogP contribution in [0.2, 0.25) is 5.02 Å². The van der Waals surface area contributed by atoms with Crippen molar-refractivity contribution in [3.8, 4) is 12.3 Å². The molecule has 16 heavy (non-hydrogen) atoms. The van der Waals surface area contributed by atoms with E-state index >= 15 is 0 Å². The lowest BCUT2D eigenvalue weighted by Gasteiger charge is -2.08. The number of hydrogen-bond acceptors (Lipinski definition) is 1. The second-order valence-corrected chi connectivity index (χ2v) is 4.03. The highest BCUT2D eigenvalue weighted by atomic mass is 35.5. The third-order valence-corrected chi connectivity index (χ3v) is 2.93. The Morgan fingerprint density at radius 3 is 2.88 bits per heavy atom. The third kappa shape index (κ3) is 1.70. The van der Waals surface area contributed by atoms with Crippen LogP contribution in [0.25, 0.3) is 10.9 Å². The second-order valence-electron chi connectivity index (χ2n) is 3.62. The maximum atomic E-state index is 11.7. The van der Waals surface area contributed by atoms with Crippen molar-refractivity contribution in [3.05, 3.63) is 45.2 Å². The first-order valence-electron chi connectivity index (χ1n) is 4.86. The first-order valence-corrected chi connectivity index (χ1v) is 5.24. The number of aromatic nitrogens is 1. The molecule has 0 spiro atoms. The molecule has 0 aliphatic carbocycles. The SMILES string of the molecule is C#CCn1c(=O)ccc2cc(Cl)c(C)cc21. The van der Waals surface area contributed by atoms with Gasteiger partial charge in [0.15, 0.2) is 0 Å². The Morgan fingerprint density at radius 2 is 2.19 bits per heavy atom. The highest BCUT2D eigenvalue weighted by Crippen LogP contribution is 2.22. The van der Waals surface area contributed by atoms with Gasteiger partial charge in [0.25, 0.3) is 5.56 Å². The van der Waals surface area contributed by atoms with Gasteiger partial charge in [0.1, 0.15) is 0 Å². The molecule has 1 aromatic heterocycles. The minimum atomic E-state index is -0.0906. The summed E-state index contributed by atoms with van der Waals surface area (Å²) in [5, 5.41) is 1.61. The van der Waals surface area contributed by atoms with Crippen molar-refractivity contribution >= 4 is 22.5 Å². The number of terminal acetylenes is 1. The van der Waals surface area contributed by atoms with Gasteiger partial charge in [-0.05, 0) is 36.1 Å². The van der Waals surface area contributed by atoms with E-state index in [9.17, 15) is 4.79 Å². The summed E-state index contributed by atoms with van der Waals surface area (Å²) in [5.41, 5.74) is 1.67. The van der Waals surface area contributed by atoms with Crippen LogP contribution in [0, 0.1) is 19.3 Å². The van der Waals surface area contributed by atoms with E-state index in [4.69, 9.17) is 18.0 Å². The standard InChI is InChI=1S/C13H10ClNO/c1-3-6-15-12-7-9(2)11(14)8-10(12)4-5-13(15)16/h1,4-5,7-8H,6H2,2H3. The molecule has 0 bridgehead atoms. The van der Waals surface area contributed by atoms with E-state index in [2.05, 4.69) is 5.92 Å². The fourth-order valence-electron chi connectivity index (χ4n) is 1.67. The lowest BCUT2D eigenvalue weighted by atomic mass is 10.1. The van der Waals surface area contributed by atoms with E-state index in [0.717, 1.165) is 16.5 Å². The Labute approximate surface area is 98.5 Å². The maximum absolute atomic E-state index is 11.7. The topological polar surface area (TPSA) is 22.0 Å². The zero-order valence-corrected chi connectivity index (χ0v) is 9.58. The average molecular weight is 232 g/mol. The van der Waals surface area contributed by atoms with Crippen LogP contribution in [-0.4, -0.2) is 4.57 Å². The molecular formula is C13H10ClNO. The number of nitrogens with zero attached hydrogens (tertiary/aromatic N) is 1. The summed E-state index contributed by atoms with van der Waals surface area (Å²) in [6, 6.07) is 7.00. The molecule has 1 heterocycles. The summed E-state index contributed by atoms with van der Waals surface area (Å²) in [5.74, 6) is 2.48. The van der Waals surface area contributed by atoms with Crippen LogP contribution in [0.4, 0.5) is 0 Å². The van der Waals surface area contributed by atoms with Gasteiger partial charge in [-0.15, -0.1) is 6.42 Å². The molecule has 0 atom stereocenters. The summed E-state index contributed by atoms with van der Waals surface area (Å²) in [6.45, 7) is 2.18. The molecule has 0 saturated heterocycles. The van der Waals surface area contributed by atoms with E-state index in [-0.39, 0.29) is 12.1 Å². The molecule has 0 aliphatic rings. The van der Waals surface area contributed by atoms with Crippen molar-refractivity contribution in [1.29, 1.82) is 0 Å². The van der Waals surface area contributed by atoms with Crippen molar-refractivity contribution in [2.24, 2.45) is 0 Å². The van der Waals surface area contributed by atoms with Gasteiger partial charge >= 0.3 is 0 Å². The lowest BCUT2D eigenvalue weighted by molar-refractivity contribution is 0.836. The molecular weight excluding hydrogens is 222 g/mol. The number of aryl methyl sites for hydroxylation is 1. The summed E-state index contributed by atoms with van der Waals surface area (Å²) < 4.78 is 1.57. The van der Waals surface area contributed by atoms with Crippen LogP contribution in [-0.2, 0) is 6.54 Å². The number of fused-ring (bicyclic) bond motifs is 1. The maximum Gasteiger partial charge on any atom is 0.251 e. The molecule has 0 aliphatic heterocycles. The number of halogens is 1. The molecule has 0 amide bonds. The van der Waals surface area contributed by atoms with Gasteiger partial charge in [0.2, 0.25) is 0 Å². The van der Waals surface area contributed by atoms with Crippen LogP contribution in [0.15, 0.2) is 29.1 Å². The number of benzene rings is 1. The molecule has 80 valence electrons. The van der Waals surface area contributed by atoms with E-state index in [1.54, 1.807) is 10.6 Å². The smallest absolute Gasteiger partial charge is 0.251 e. The van der Waals surface area contributed by atoms with Crippen LogP contribution in [0.3, 0.4) is 0 Å². The molecule has 2 aromatic rings. The second kappa shape index (κ2) is 4.03. The third-order valence-electron chi connectivity index (χ3n) is 2.52. The molecule has 3 heteroatoms. The highest BCUT2D eigenvalue weighted by molar-refractivity contribution is 6.32. The molecule has 0 unspecified atom stereocenters. The molecule has 2 rings (SSSR count). The van der Waals surface area contributed by atoms with Gasteiger partial charge in [-0.25, -0.2) is 0 Å². The largest absolute Gasteiger partial charge is 0.297 e. The normalized spacial score (nSPS) is 10.3. The van der Waals surface area contributed by atoms with Gasteiger partial charge in [0.05, 0.1) is 12.1 Å². The minimum Gasteiger partial charge on any atom is -0.297 e. The fourth-order valence-corrected chi connectivity index (χ4v) is 1.85. The van der Waals surface area contributed by atoms with Crippen molar-refractivity contribution in [3.63, 3.8) is 0 Å². The minimum absolute atomic E-state index is 0.0906. The Kier molecular flexibility index (Phi) is 2.72. The van der Waals surface area contributed by atoms with Gasteiger partial charge in [0, 0.05) is 11.1 Å². The molecule has 0 fully saturated rings. The number of pyridine rings is 1. The van der Waals surface area contributed by atoms with E-state index in [0.29, 0.717) is 5.02 Å². The number of rotatable bonds is 1. The monoisotopic (exact) mass is 231 g/mol. The summed E-state index contributed by atoms with van der Waals surface area (Å²) >= 11 is 6.03. The van der Waals surface area contributed by atoms with Gasteiger partial charge in [-0.1, -0.05) is 17.5 Å². The van der Waals surface area contributed by atoms with Crippen molar-refractivity contribution < 1.29 is 0 Å². The van der Waals surface area contributed by atoms with Gasteiger partial charge < -0.3 is 0 Å². The molecule has 1 aromatic carbocycles. The Bertz CT molecular complexity index is 649. The van der Waals surface area contributed by atoms with E-state index in [1.165, 1.54) is 6.07 Å². The van der Waals surface area contributed by atoms with Crippen LogP contribution < -0.4 is 5.56 Å².